The van der Waals surface area contributed by atoms with Crippen molar-refractivity contribution < 1.29 is 8.78 Å². The number of benzene rings is 1. The van der Waals surface area contributed by atoms with E-state index in [1.807, 2.05) is 6.07 Å². The van der Waals surface area contributed by atoms with Crippen LogP contribution in [0.15, 0.2) is 48.8 Å². The molecular formula is C14H9F2N3. The second-order valence-corrected chi connectivity index (χ2v) is 4.04. The van der Waals surface area contributed by atoms with Gasteiger partial charge in [-0.05, 0) is 36.4 Å². The van der Waals surface area contributed by atoms with Crippen LogP contribution in [0.4, 0.5) is 8.78 Å². The first-order chi connectivity index (χ1) is 9.24. The molecule has 1 N–H and O–H groups in total. The van der Waals surface area contributed by atoms with Gasteiger partial charge in [0.2, 0.25) is 0 Å². The zero-order valence-electron chi connectivity index (χ0n) is 9.77. The minimum atomic E-state index is -0.880. The molecule has 0 fully saturated rings. The van der Waals surface area contributed by atoms with Crippen LogP contribution in [0.25, 0.3) is 22.5 Å². The van der Waals surface area contributed by atoms with Crippen molar-refractivity contribution in [2.45, 2.75) is 0 Å². The Hall–Kier alpha value is -2.56. The van der Waals surface area contributed by atoms with E-state index >= 15 is 0 Å². The highest BCUT2D eigenvalue weighted by Crippen LogP contribution is 2.24. The summed E-state index contributed by atoms with van der Waals surface area (Å²) in [5.74, 6) is -1.74. The fourth-order valence-electron chi connectivity index (χ4n) is 1.80. The first kappa shape index (κ1) is 11.5. The molecule has 0 unspecified atom stereocenters. The van der Waals surface area contributed by atoms with Crippen LogP contribution in [0.1, 0.15) is 0 Å². The summed E-state index contributed by atoms with van der Waals surface area (Å²) < 4.78 is 26.1. The molecule has 2 aromatic heterocycles. The largest absolute Gasteiger partial charge is 0.277 e. The zero-order valence-corrected chi connectivity index (χ0v) is 9.77. The van der Waals surface area contributed by atoms with Crippen molar-refractivity contribution in [1.82, 2.24) is 15.2 Å². The first-order valence-corrected chi connectivity index (χ1v) is 5.65. The molecule has 0 radical (unpaired) electrons. The Morgan fingerprint density at radius 1 is 0.947 bits per heavy atom. The van der Waals surface area contributed by atoms with E-state index < -0.39 is 11.6 Å². The molecule has 3 aromatic rings. The Kier molecular flexibility index (Phi) is 2.79. The van der Waals surface area contributed by atoms with Gasteiger partial charge in [0.25, 0.3) is 0 Å². The number of halogens is 2. The van der Waals surface area contributed by atoms with Crippen LogP contribution < -0.4 is 0 Å². The third-order valence-electron chi connectivity index (χ3n) is 2.77. The number of H-pyrrole nitrogens is 1. The zero-order chi connectivity index (χ0) is 13.2. The molecule has 0 saturated carbocycles. The second-order valence-electron chi connectivity index (χ2n) is 4.04. The third-order valence-corrected chi connectivity index (χ3v) is 2.77. The highest BCUT2D eigenvalue weighted by molar-refractivity contribution is 5.67. The van der Waals surface area contributed by atoms with Gasteiger partial charge < -0.3 is 0 Å². The quantitative estimate of drug-likeness (QED) is 0.764. The number of nitrogens with one attached hydrogen (secondary N) is 1. The van der Waals surface area contributed by atoms with Gasteiger partial charge >= 0.3 is 0 Å². The maximum absolute atomic E-state index is 13.2. The number of hydrogen-bond donors (Lipinski definition) is 1. The van der Waals surface area contributed by atoms with E-state index in [1.54, 1.807) is 24.5 Å². The predicted octanol–water partition coefficient (Wildman–Crippen LogP) is 3.42. The van der Waals surface area contributed by atoms with E-state index in [0.29, 0.717) is 17.0 Å². The minimum absolute atomic E-state index is 0.543. The van der Waals surface area contributed by atoms with Gasteiger partial charge in [-0.15, -0.1) is 0 Å². The van der Waals surface area contributed by atoms with Gasteiger partial charge in [0, 0.05) is 23.5 Å². The normalized spacial score (nSPS) is 10.6. The van der Waals surface area contributed by atoms with Crippen molar-refractivity contribution in [2.75, 3.05) is 0 Å². The van der Waals surface area contributed by atoms with Crippen LogP contribution in [0.2, 0.25) is 0 Å². The predicted molar refractivity (Wildman–Crippen MR) is 67.2 cm³/mol. The van der Waals surface area contributed by atoms with Crippen LogP contribution in [0.3, 0.4) is 0 Å². The Balaban J connectivity index is 1.99. The summed E-state index contributed by atoms with van der Waals surface area (Å²) in [6, 6.07) is 9.17. The van der Waals surface area contributed by atoms with E-state index in [0.717, 1.165) is 17.7 Å². The van der Waals surface area contributed by atoms with E-state index in [4.69, 9.17) is 0 Å². The van der Waals surface area contributed by atoms with Crippen LogP contribution in [0.5, 0.6) is 0 Å². The lowest BCUT2D eigenvalue weighted by atomic mass is 10.1. The van der Waals surface area contributed by atoms with Crippen molar-refractivity contribution in [3.63, 3.8) is 0 Å². The molecule has 0 atom stereocenters. The number of aromatic nitrogens is 3. The summed E-state index contributed by atoms with van der Waals surface area (Å²) in [4.78, 5) is 4.01. The van der Waals surface area contributed by atoms with Gasteiger partial charge in [0.15, 0.2) is 11.6 Å². The molecule has 1 aromatic carbocycles. The van der Waals surface area contributed by atoms with Crippen molar-refractivity contribution in [2.24, 2.45) is 0 Å². The third kappa shape index (κ3) is 2.22. The van der Waals surface area contributed by atoms with E-state index in [1.165, 1.54) is 6.07 Å². The van der Waals surface area contributed by atoms with Crippen LogP contribution in [0, 0.1) is 11.6 Å². The SMILES string of the molecule is Fc1ccc(-c2cc(-c3cccnc3)n[nH]2)cc1F. The van der Waals surface area contributed by atoms with Gasteiger partial charge in [-0.25, -0.2) is 8.78 Å². The van der Waals surface area contributed by atoms with Gasteiger partial charge in [0.1, 0.15) is 0 Å². The Labute approximate surface area is 107 Å². The maximum atomic E-state index is 13.2. The monoisotopic (exact) mass is 257 g/mol. The first-order valence-electron chi connectivity index (χ1n) is 5.65. The molecule has 0 spiro atoms. The molecule has 94 valence electrons. The molecule has 3 rings (SSSR count). The van der Waals surface area contributed by atoms with Crippen LogP contribution in [-0.2, 0) is 0 Å². The molecule has 0 aliphatic carbocycles. The van der Waals surface area contributed by atoms with Crippen molar-refractivity contribution >= 4 is 0 Å². The Morgan fingerprint density at radius 3 is 2.58 bits per heavy atom. The summed E-state index contributed by atoms with van der Waals surface area (Å²) in [6.45, 7) is 0. The standard InChI is InChI=1S/C14H9F2N3/c15-11-4-3-9(6-12(11)16)13-7-14(19-18-13)10-2-1-5-17-8-10/h1-8H,(H,18,19). The molecule has 19 heavy (non-hydrogen) atoms. The van der Waals surface area contributed by atoms with E-state index in [-0.39, 0.29) is 0 Å². The Bertz CT molecular complexity index is 708. The van der Waals surface area contributed by atoms with E-state index in [2.05, 4.69) is 15.2 Å². The fourth-order valence-corrected chi connectivity index (χ4v) is 1.80. The number of pyridine rings is 1. The van der Waals surface area contributed by atoms with Gasteiger partial charge in [0.05, 0.1) is 11.4 Å². The van der Waals surface area contributed by atoms with Crippen molar-refractivity contribution in [3.8, 4) is 22.5 Å². The minimum Gasteiger partial charge on any atom is -0.277 e. The lowest BCUT2D eigenvalue weighted by Crippen LogP contribution is -1.85. The van der Waals surface area contributed by atoms with Gasteiger partial charge in [-0.2, -0.15) is 5.10 Å². The van der Waals surface area contributed by atoms with Gasteiger partial charge in [-0.3, -0.25) is 10.1 Å². The number of hydrogen-bond acceptors (Lipinski definition) is 2. The summed E-state index contributed by atoms with van der Waals surface area (Å²) in [7, 11) is 0. The Morgan fingerprint density at radius 2 is 1.84 bits per heavy atom. The average Bonchev–Trinajstić information content (AvgIpc) is 2.93. The molecule has 0 aliphatic rings. The highest BCUT2D eigenvalue weighted by Gasteiger charge is 2.08. The summed E-state index contributed by atoms with van der Waals surface area (Å²) >= 11 is 0. The molecule has 0 saturated heterocycles. The topological polar surface area (TPSA) is 41.6 Å². The smallest absolute Gasteiger partial charge is 0.159 e. The number of aromatic amines is 1. The van der Waals surface area contributed by atoms with Crippen LogP contribution in [-0.4, -0.2) is 15.2 Å². The van der Waals surface area contributed by atoms with Gasteiger partial charge in [-0.1, -0.05) is 0 Å². The van der Waals surface area contributed by atoms with E-state index in [9.17, 15) is 8.78 Å². The molecule has 0 amide bonds. The molecule has 2 heterocycles. The van der Waals surface area contributed by atoms with Crippen molar-refractivity contribution in [3.05, 3.63) is 60.4 Å². The lowest BCUT2D eigenvalue weighted by molar-refractivity contribution is 0.509. The molecule has 0 bridgehead atoms. The summed E-state index contributed by atoms with van der Waals surface area (Å²) in [5, 5.41) is 6.93. The highest BCUT2D eigenvalue weighted by atomic mass is 19.2. The summed E-state index contributed by atoms with van der Waals surface area (Å²) in [5.41, 5.74) is 2.72. The molecule has 3 nitrogen and oxygen atoms in total. The average molecular weight is 257 g/mol. The molecule has 5 heteroatoms. The molecule has 0 aliphatic heterocycles. The lowest BCUT2D eigenvalue weighted by Gasteiger charge is -1.97. The number of nitrogens with zero attached hydrogens (tertiary/aromatic N) is 2. The second kappa shape index (κ2) is 4.61. The molecular weight excluding hydrogens is 248 g/mol. The number of rotatable bonds is 2. The van der Waals surface area contributed by atoms with Crippen molar-refractivity contribution in [1.29, 1.82) is 0 Å². The summed E-state index contributed by atoms with van der Waals surface area (Å²) in [6.07, 6.45) is 3.36. The maximum Gasteiger partial charge on any atom is 0.159 e. The van der Waals surface area contributed by atoms with Crippen LogP contribution >= 0.6 is 0 Å². The fraction of sp³-hybridized carbons (Fsp3) is 0.